The lowest BCUT2D eigenvalue weighted by Crippen LogP contribution is -2.36. The van der Waals surface area contributed by atoms with Crippen LogP contribution in [-0.2, 0) is 10.7 Å². The number of hydrogen-bond donors (Lipinski definition) is 0. The lowest BCUT2D eigenvalue weighted by Gasteiger charge is -2.35. The third-order valence-corrected chi connectivity index (χ3v) is 4.64. The highest BCUT2D eigenvalue weighted by Crippen LogP contribution is 2.45. The normalized spacial score (nSPS) is 21.4. The molecule has 1 saturated carbocycles. The van der Waals surface area contributed by atoms with E-state index < -0.39 is 17.8 Å². The van der Waals surface area contributed by atoms with Gasteiger partial charge in [-0.3, -0.25) is 0 Å². The Bertz CT molecular complexity index is 752. The predicted octanol–water partition coefficient (Wildman–Crippen LogP) is 4.29. The number of methoxy groups -OCH3 is 1. The molecule has 25 heavy (non-hydrogen) atoms. The topological polar surface area (TPSA) is 32.0 Å². The van der Waals surface area contributed by atoms with Crippen LogP contribution in [0, 0.1) is 13.8 Å². The summed E-state index contributed by atoms with van der Waals surface area (Å²) in [6.07, 6.45) is -4.71. The highest BCUT2D eigenvalue weighted by atomic mass is 19.4. The van der Waals surface area contributed by atoms with Crippen LogP contribution in [0.2, 0.25) is 0 Å². The van der Waals surface area contributed by atoms with E-state index in [1.165, 1.54) is 11.8 Å². The Labute approximate surface area is 141 Å². The van der Waals surface area contributed by atoms with Crippen molar-refractivity contribution in [3.63, 3.8) is 0 Å². The van der Waals surface area contributed by atoms with E-state index in [4.69, 9.17) is 4.74 Å². The fourth-order valence-electron chi connectivity index (χ4n) is 3.08. The average Bonchev–Trinajstić information content (AvgIpc) is 3.01. The Morgan fingerprint density at radius 1 is 1.08 bits per heavy atom. The van der Waals surface area contributed by atoms with Crippen molar-refractivity contribution in [2.75, 3.05) is 7.11 Å². The molecular weight excluding hydrogens is 345 g/mol. The molecule has 0 spiro atoms. The van der Waals surface area contributed by atoms with E-state index in [2.05, 4.69) is 5.10 Å². The second kappa shape index (κ2) is 5.82. The van der Waals surface area contributed by atoms with Crippen LogP contribution in [0.4, 0.5) is 22.0 Å². The maximum absolute atomic E-state index is 13.8. The Morgan fingerprint density at radius 3 is 2.12 bits per heavy atom. The molecule has 0 amide bonds. The molecule has 0 bridgehead atoms. The second-order valence-electron chi connectivity index (χ2n) is 6.34. The minimum Gasteiger partial charge on any atom is -0.381 e. The summed E-state index contributed by atoms with van der Waals surface area (Å²) in [6.45, 7) is 3.51. The smallest absolute Gasteiger partial charge is 0.381 e. The molecule has 2 aromatic rings. The van der Waals surface area contributed by atoms with Crippen molar-refractivity contribution in [2.45, 2.75) is 50.9 Å². The van der Waals surface area contributed by atoms with Gasteiger partial charge in [-0.2, -0.15) is 27.1 Å². The average molecular weight is 363 g/mol. The van der Waals surface area contributed by atoms with Gasteiger partial charge in [0.15, 0.2) is 0 Å². The molecule has 0 radical (unpaired) electrons. The van der Waals surface area contributed by atoms with Gasteiger partial charge in [-0.1, -0.05) is 0 Å². The number of nitrogens with zero attached hydrogens (tertiary/aromatic N) is 3. The Kier molecular flexibility index (Phi) is 4.17. The minimum atomic E-state index is -5.70. The van der Waals surface area contributed by atoms with E-state index in [9.17, 15) is 22.0 Å². The zero-order chi connectivity index (χ0) is 18.6. The summed E-state index contributed by atoms with van der Waals surface area (Å²) in [5, 5.41) is 3.65. The monoisotopic (exact) mass is 363 g/mol. The van der Waals surface area contributed by atoms with E-state index in [1.807, 2.05) is 0 Å². The zero-order valence-electron chi connectivity index (χ0n) is 13.9. The van der Waals surface area contributed by atoms with Gasteiger partial charge in [-0.15, -0.1) is 0 Å². The number of hydrogen-bond acceptors (Lipinski definition) is 2. The van der Waals surface area contributed by atoms with Crippen LogP contribution in [0.3, 0.4) is 0 Å². The van der Waals surface area contributed by atoms with Crippen molar-refractivity contribution in [1.82, 2.24) is 14.3 Å². The van der Waals surface area contributed by atoms with Crippen molar-refractivity contribution in [2.24, 2.45) is 0 Å². The van der Waals surface area contributed by atoms with Gasteiger partial charge in [0.1, 0.15) is 11.5 Å². The number of halogens is 5. The van der Waals surface area contributed by atoms with Crippen LogP contribution in [0.15, 0.2) is 18.2 Å². The summed E-state index contributed by atoms with van der Waals surface area (Å²) < 4.78 is 73.9. The summed E-state index contributed by atoms with van der Waals surface area (Å²) >= 11 is 0. The van der Waals surface area contributed by atoms with Crippen molar-refractivity contribution in [3.8, 4) is 5.82 Å². The van der Waals surface area contributed by atoms with Gasteiger partial charge in [0, 0.05) is 24.6 Å². The van der Waals surface area contributed by atoms with Gasteiger partial charge in [-0.25, -0.2) is 4.68 Å². The van der Waals surface area contributed by atoms with E-state index in [0.29, 0.717) is 12.8 Å². The standard InChI is InChI=1S/C16H18F5N3O/c1-9-4-5-10(2)23(9)14-8-13(15(17,18)16(19,20)21)22-24(14)11-6-12(7-11)25-3/h4-5,8,11-12H,6-7H2,1-3H3. The highest BCUT2D eigenvalue weighted by molar-refractivity contribution is 5.36. The summed E-state index contributed by atoms with van der Waals surface area (Å²) in [4.78, 5) is 0. The van der Waals surface area contributed by atoms with Crippen LogP contribution >= 0.6 is 0 Å². The van der Waals surface area contributed by atoms with Crippen LogP contribution in [-0.4, -0.2) is 33.7 Å². The molecular formula is C16H18F5N3O. The van der Waals surface area contributed by atoms with Crippen LogP contribution < -0.4 is 0 Å². The molecule has 0 unspecified atom stereocenters. The lowest BCUT2D eigenvalue weighted by molar-refractivity contribution is -0.291. The first-order valence-electron chi connectivity index (χ1n) is 7.79. The molecule has 138 valence electrons. The summed E-state index contributed by atoms with van der Waals surface area (Å²) in [5.41, 5.74) is 0.162. The molecule has 1 fully saturated rings. The number of rotatable bonds is 4. The largest absolute Gasteiger partial charge is 0.459 e. The Balaban J connectivity index is 2.10. The lowest BCUT2D eigenvalue weighted by atomic mass is 9.89. The first-order chi connectivity index (χ1) is 11.6. The van der Waals surface area contributed by atoms with Crippen molar-refractivity contribution < 1.29 is 26.7 Å². The third-order valence-electron chi connectivity index (χ3n) is 4.64. The molecule has 2 heterocycles. The summed E-state index contributed by atoms with van der Waals surface area (Å²) in [7, 11) is 1.54. The molecule has 0 aromatic carbocycles. The van der Waals surface area contributed by atoms with Gasteiger partial charge in [0.25, 0.3) is 0 Å². The van der Waals surface area contributed by atoms with Crippen molar-refractivity contribution in [3.05, 3.63) is 35.3 Å². The van der Waals surface area contributed by atoms with Crippen LogP contribution in [0.1, 0.15) is 36.0 Å². The quantitative estimate of drug-likeness (QED) is 0.759. The maximum Gasteiger partial charge on any atom is 0.459 e. The van der Waals surface area contributed by atoms with E-state index in [1.54, 1.807) is 30.5 Å². The molecule has 0 N–H and O–H groups in total. The minimum absolute atomic E-state index is 0.0412. The van der Waals surface area contributed by atoms with Crippen molar-refractivity contribution >= 4 is 0 Å². The Morgan fingerprint density at radius 2 is 1.64 bits per heavy atom. The van der Waals surface area contributed by atoms with Gasteiger partial charge in [0.2, 0.25) is 0 Å². The van der Waals surface area contributed by atoms with E-state index in [0.717, 1.165) is 17.5 Å². The third kappa shape index (κ3) is 2.84. The molecule has 0 saturated heterocycles. The summed E-state index contributed by atoms with van der Waals surface area (Å²) in [5.74, 6) is -4.80. The number of aromatic nitrogens is 3. The first kappa shape index (κ1) is 17.9. The van der Waals surface area contributed by atoms with Gasteiger partial charge in [-0.05, 0) is 38.8 Å². The zero-order valence-corrected chi connectivity index (χ0v) is 13.9. The number of alkyl halides is 5. The molecule has 0 aliphatic heterocycles. The molecule has 3 rings (SSSR count). The van der Waals surface area contributed by atoms with E-state index in [-0.39, 0.29) is 18.0 Å². The molecule has 1 aliphatic carbocycles. The fourth-order valence-corrected chi connectivity index (χ4v) is 3.08. The van der Waals surface area contributed by atoms with Crippen molar-refractivity contribution in [1.29, 1.82) is 0 Å². The number of ether oxygens (including phenoxy) is 1. The van der Waals surface area contributed by atoms with Gasteiger partial charge < -0.3 is 9.30 Å². The molecule has 2 aromatic heterocycles. The van der Waals surface area contributed by atoms with Gasteiger partial charge in [0.05, 0.1) is 12.1 Å². The Hall–Kier alpha value is -1.90. The summed E-state index contributed by atoms with van der Waals surface area (Å²) in [6, 6.07) is 4.09. The second-order valence-corrected chi connectivity index (χ2v) is 6.34. The molecule has 4 nitrogen and oxygen atoms in total. The molecule has 1 aliphatic rings. The number of aryl methyl sites for hydroxylation is 2. The maximum atomic E-state index is 13.8. The molecule has 0 atom stereocenters. The van der Waals surface area contributed by atoms with Gasteiger partial charge >= 0.3 is 12.1 Å². The fraction of sp³-hybridized carbons (Fsp3) is 0.562. The highest BCUT2D eigenvalue weighted by Gasteiger charge is 2.61. The predicted molar refractivity (Wildman–Crippen MR) is 80.0 cm³/mol. The SMILES string of the molecule is COC1CC(n2nc(C(F)(F)C(F)(F)F)cc2-n2c(C)ccc2C)C1. The van der Waals surface area contributed by atoms with Crippen LogP contribution in [0.5, 0.6) is 0 Å². The first-order valence-corrected chi connectivity index (χ1v) is 7.79. The van der Waals surface area contributed by atoms with Crippen LogP contribution in [0.25, 0.3) is 5.82 Å². The molecule has 9 heteroatoms. The van der Waals surface area contributed by atoms with E-state index >= 15 is 0 Å².